The van der Waals surface area contributed by atoms with E-state index in [9.17, 15) is 0 Å². The van der Waals surface area contributed by atoms with Gasteiger partial charge in [0.15, 0.2) is 0 Å². The highest BCUT2D eigenvalue weighted by Gasteiger charge is 2.18. The van der Waals surface area contributed by atoms with E-state index < -0.39 is 0 Å². The zero-order valence-electron chi connectivity index (χ0n) is 12.8. The molecule has 1 heterocycles. The number of hydrogen-bond donors (Lipinski definition) is 1. The summed E-state index contributed by atoms with van der Waals surface area (Å²) in [5.41, 5.74) is 1.48. The van der Waals surface area contributed by atoms with Crippen LogP contribution in [0.25, 0.3) is 0 Å². The van der Waals surface area contributed by atoms with E-state index in [4.69, 9.17) is 0 Å². The standard InChI is InChI=1S/C18H29NS/c1-2-19-18(15-17-11-13-20-14-12-17)10-6-9-16-7-4-3-5-8-16/h3-5,7-8,17-19H,2,6,9-15H2,1H3. The predicted molar refractivity (Wildman–Crippen MR) is 91.5 cm³/mol. The third-order valence-corrected chi connectivity index (χ3v) is 5.36. The Morgan fingerprint density at radius 1 is 1.20 bits per heavy atom. The van der Waals surface area contributed by atoms with Crippen LogP contribution in [0.15, 0.2) is 30.3 Å². The van der Waals surface area contributed by atoms with Gasteiger partial charge < -0.3 is 5.32 Å². The topological polar surface area (TPSA) is 12.0 Å². The summed E-state index contributed by atoms with van der Waals surface area (Å²) in [6.07, 6.45) is 8.12. The second-order valence-electron chi connectivity index (χ2n) is 5.92. The summed E-state index contributed by atoms with van der Waals surface area (Å²) < 4.78 is 0. The molecular formula is C18H29NS. The van der Waals surface area contributed by atoms with E-state index in [0.29, 0.717) is 0 Å². The van der Waals surface area contributed by atoms with Crippen molar-refractivity contribution in [2.24, 2.45) is 5.92 Å². The molecule has 2 heteroatoms. The summed E-state index contributed by atoms with van der Waals surface area (Å²) in [5, 5.41) is 3.71. The van der Waals surface area contributed by atoms with E-state index in [0.717, 1.165) is 18.5 Å². The molecule has 1 aromatic rings. The molecule has 0 aliphatic carbocycles. The van der Waals surface area contributed by atoms with Crippen LogP contribution in [0.2, 0.25) is 0 Å². The number of benzene rings is 1. The lowest BCUT2D eigenvalue weighted by molar-refractivity contribution is 0.350. The Morgan fingerprint density at radius 3 is 2.65 bits per heavy atom. The summed E-state index contributed by atoms with van der Waals surface area (Å²) in [6, 6.07) is 11.6. The van der Waals surface area contributed by atoms with Crippen molar-refractivity contribution in [2.75, 3.05) is 18.1 Å². The molecule has 1 unspecified atom stereocenters. The molecule has 112 valence electrons. The Balaban J connectivity index is 1.71. The van der Waals surface area contributed by atoms with Gasteiger partial charge in [0.05, 0.1) is 0 Å². The predicted octanol–water partition coefficient (Wildman–Crippen LogP) is 4.52. The maximum atomic E-state index is 3.71. The second kappa shape index (κ2) is 9.46. The van der Waals surface area contributed by atoms with Gasteiger partial charge in [-0.15, -0.1) is 0 Å². The smallest absolute Gasteiger partial charge is 0.00697 e. The summed E-state index contributed by atoms with van der Waals surface area (Å²) in [6.45, 7) is 3.35. The minimum Gasteiger partial charge on any atom is -0.314 e. The first kappa shape index (κ1) is 15.9. The number of nitrogens with one attached hydrogen (secondary N) is 1. The highest BCUT2D eigenvalue weighted by molar-refractivity contribution is 7.99. The fourth-order valence-corrected chi connectivity index (χ4v) is 4.38. The summed E-state index contributed by atoms with van der Waals surface area (Å²) in [4.78, 5) is 0. The molecule has 0 saturated carbocycles. The molecule has 0 spiro atoms. The van der Waals surface area contributed by atoms with Gasteiger partial charge in [-0.2, -0.15) is 11.8 Å². The van der Waals surface area contributed by atoms with Crippen molar-refractivity contribution in [3.8, 4) is 0 Å². The minimum atomic E-state index is 0.733. The quantitative estimate of drug-likeness (QED) is 0.755. The van der Waals surface area contributed by atoms with Gasteiger partial charge in [0.25, 0.3) is 0 Å². The Hall–Kier alpha value is -0.470. The van der Waals surface area contributed by atoms with E-state index in [1.165, 1.54) is 55.6 Å². The zero-order chi connectivity index (χ0) is 14.0. The number of thioether (sulfide) groups is 1. The molecule has 0 amide bonds. The maximum Gasteiger partial charge on any atom is 0.00697 e. The van der Waals surface area contributed by atoms with Crippen molar-refractivity contribution < 1.29 is 0 Å². The van der Waals surface area contributed by atoms with Crippen molar-refractivity contribution in [3.63, 3.8) is 0 Å². The largest absolute Gasteiger partial charge is 0.314 e. The highest BCUT2D eigenvalue weighted by Crippen LogP contribution is 2.27. The molecule has 1 N–H and O–H groups in total. The Kier molecular flexibility index (Phi) is 7.53. The fourth-order valence-electron chi connectivity index (χ4n) is 3.17. The molecule has 2 rings (SSSR count). The molecule has 1 aliphatic rings. The zero-order valence-corrected chi connectivity index (χ0v) is 13.6. The lowest BCUT2D eigenvalue weighted by Gasteiger charge is -2.27. The maximum absolute atomic E-state index is 3.71. The van der Waals surface area contributed by atoms with E-state index in [-0.39, 0.29) is 0 Å². The molecular weight excluding hydrogens is 262 g/mol. The van der Waals surface area contributed by atoms with Crippen LogP contribution >= 0.6 is 11.8 Å². The average Bonchev–Trinajstić information content (AvgIpc) is 2.49. The van der Waals surface area contributed by atoms with Crippen molar-refractivity contribution in [3.05, 3.63) is 35.9 Å². The van der Waals surface area contributed by atoms with Crippen LogP contribution in [0.1, 0.15) is 44.6 Å². The van der Waals surface area contributed by atoms with Crippen molar-refractivity contribution in [2.45, 2.75) is 51.5 Å². The molecule has 1 aliphatic heterocycles. The Labute approximate surface area is 128 Å². The summed E-state index contributed by atoms with van der Waals surface area (Å²) >= 11 is 2.13. The van der Waals surface area contributed by atoms with Gasteiger partial charge in [0.1, 0.15) is 0 Å². The molecule has 0 bridgehead atoms. The van der Waals surface area contributed by atoms with Gasteiger partial charge in [-0.1, -0.05) is 37.3 Å². The summed E-state index contributed by atoms with van der Waals surface area (Å²) in [7, 11) is 0. The third-order valence-electron chi connectivity index (χ3n) is 4.31. The molecule has 1 aromatic carbocycles. The van der Waals surface area contributed by atoms with Crippen molar-refractivity contribution >= 4 is 11.8 Å². The first-order valence-corrected chi connectivity index (χ1v) is 9.39. The van der Waals surface area contributed by atoms with Crippen molar-refractivity contribution in [1.29, 1.82) is 0 Å². The lowest BCUT2D eigenvalue weighted by Crippen LogP contribution is -2.32. The first-order chi connectivity index (χ1) is 9.88. The van der Waals surface area contributed by atoms with E-state index in [1.54, 1.807) is 0 Å². The van der Waals surface area contributed by atoms with Crippen molar-refractivity contribution in [1.82, 2.24) is 5.32 Å². The molecule has 1 saturated heterocycles. The highest BCUT2D eigenvalue weighted by atomic mass is 32.2. The van der Waals surface area contributed by atoms with Gasteiger partial charge >= 0.3 is 0 Å². The second-order valence-corrected chi connectivity index (χ2v) is 7.15. The Morgan fingerprint density at radius 2 is 1.95 bits per heavy atom. The molecule has 1 nitrogen and oxygen atoms in total. The van der Waals surface area contributed by atoms with Gasteiger partial charge in [-0.3, -0.25) is 0 Å². The average molecular weight is 292 g/mol. The van der Waals surface area contributed by atoms with E-state index in [1.807, 2.05) is 0 Å². The van der Waals surface area contributed by atoms with Crippen LogP contribution in [0.3, 0.4) is 0 Å². The van der Waals surface area contributed by atoms with E-state index >= 15 is 0 Å². The molecule has 0 radical (unpaired) electrons. The normalized spacial score (nSPS) is 18.1. The van der Waals surface area contributed by atoms with E-state index in [2.05, 4.69) is 54.3 Å². The molecule has 20 heavy (non-hydrogen) atoms. The van der Waals surface area contributed by atoms with Crippen LogP contribution in [-0.4, -0.2) is 24.1 Å². The Bertz CT molecular complexity index is 346. The fraction of sp³-hybridized carbons (Fsp3) is 0.667. The van der Waals surface area contributed by atoms with Crippen LogP contribution in [0.4, 0.5) is 0 Å². The van der Waals surface area contributed by atoms with Gasteiger partial charge in [0, 0.05) is 6.04 Å². The van der Waals surface area contributed by atoms with Crippen LogP contribution in [-0.2, 0) is 6.42 Å². The number of aryl methyl sites for hydroxylation is 1. The number of rotatable bonds is 8. The SMILES string of the molecule is CCNC(CCCc1ccccc1)CC1CCSCC1. The summed E-state index contributed by atoms with van der Waals surface area (Å²) in [5.74, 6) is 3.73. The molecule has 0 aromatic heterocycles. The minimum absolute atomic E-state index is 0.733. The third kappa shape index (κ3) is 5.88. The number of hydrogen-bond acceptors (Lipinski definition) is 2. The molecule has 1 fully saturated rings. The van der Waals surface area contributed by atoms with Crippen LogP contribution < -0.4 is 5.32 Å². The van der Waals surface area contributed by atoms with Gasteiger partial charge in [-0.25, -0.2) is 0 Å². The first-order valence-electron chi connectivity index (χ1n) is 8.23. The van der Waals surface area contributed by atoms with Crippen LogP contribution in [0.5, 0.6) is 0 Å². The van der Waals surface area contributed by atoms with Gasteiger partial charge in [0.2, 0.25) is 0 Å². The van der Waals surface area contributed by atoms with Gasteiger partial charge in [-0.05, 0) is 68.1 Å². The monoisotopic (exact) mass is 291 g/mol. The molecule has 1 atom stereocenters. The van der Waals surface area contributed by atoms with Crippen LogP contribution in [0, 0.1) is 5.92 Å². The lowest BCUT2D eigenvalue weighted by atomic mass is 9.91.